The highest BCUT2D eigenvalue weighted by Gasteiger charge is 2.26. The van der Waals surface area contributed by atoms with Gasteiger partial charge in [-0.25, -0.2) is 0 Å². The number of rotatable bonds is 6. The van der Waals surface area contributed by atoms with Gasteiger partial charge in [-0.1, -0.05) is 24.3 Å². The van der Waals surface area contributed by atoms with E-state index in [9.17, 15) is 9.59 Å². The van der Waals surface area contributed by atoms with E-state index in [2.05, 4.69) is 16.0 Å². The van der Waals surface area contributed by atoms with Crippen LogP contribution in [0.1, 0.15) is 20.3 Å². The quantitative estimate of drug-likeness (QED) is 0.677. The first-order valence-corrected chi connectivity index (χ1v) is 9.49. The molecule has 1 aliphatic heterocycles. The monoisotopic (exact) mass is 407 g/mol. The van der Waals surface area contributed by atoms with E-state index in [1.807, 2.05) is 38.1 Å². The summed E-state index contributed by atoms with van der Waals surface area (Å²) in [5.74, 6) is 0.543. The Morgan fingerprint density at radius 3 is 1.57 bits per heavy atom. The maximum absolute atomic E-state index is 12.9. The van der Waals surface area contributed by atoms with Crippen molar-refractivity contribution in [3.63, 3.8) is 0 Å². The van der Waals surface area contributed by atoms with Crippen LogP contribution in [-0.2, 0) is 9.59 Å². The molecular formula is C23H25N3O4. The van der Waals surface area contributed by atoms with E-state index in [1.165, 1.54) is 0 Å². The summed E-state index contributed by atoms with van der Waals surface area (Å²) in [4.78, 5) is 25.9. The molecule has 0 radical (unpaired) electrons. The minimum atomic E-state index is -0.292. The third-order valence-electron chi connectivity index (χ3n) is 4.89. The Morgan fingerprint density at radius 2 is 1.17 bits per heavy atom. The second-order valence-corrected chi connectivity index (χ2v) is 6.82. The summed E-state index contributed by atoms with van der Waals surface area (Å²) in [5.41, 5.74) is 3.50. The van der Waals surface area contributed by atoms with E-state index in [-0.39, 0.29) is 18.2 Å². The number of hydrogen-bond donors (Lipinski definition) is 3. The van der Waals surface area contributed by atoms with Crippen molar-refractivity contribution in [2.75, 3.05) is 24.9 Å². The Morgan fingerprint density at radius 1 is 0.767 bits per heavy atom. The van der Waals surface area contributed by atoms with Crippen molar-refractivity contribution in [1.82, 2.24) is 5.32 Å². The van der Waals surface area contributed by atoms with Crippen molar-refractivity contribution in [2.24, 2.45) is 0 Å². The van der Waals surface area contributed by atoms with Crippen molar-refractivity contribution in [3.8, 4) is 11.5 Å². The largest absolute Gasteiger partial charge is 0.495 e. The molecule has 0 unspecified atom stereocenters. The molecule has 3 rings (SSSR count). The minimum Gasteiger partial charge on any atom is -0.495 e. The number of carbonyl (C=O) groups is 2. The summed E-state index contributed by atoms with van der Waals surface area (Å²) < 4.78 is 10.6. The Bertz CT molecular complexity index is 959. The fourth-order valence-corrected chi connectivity index (χ4v) is 3.27. The van der Waals surface area contributed by atoms with Crippen LogP contribution in [0.3, 0.4) is 0 Å². The molecule has 2 aromatic rings. The van der Waals surface area contributed by atoms with Crippen molar-refractivity contribution in [3.05, 3.63) is 71.1 Å². The number of hydrogen-bond acceptors (Lipinski definition) is 5. The third kappa shape index (κ3) is 4.46. The molecule has 30 heavy (non-hydrogen) atoms. The van der Waals surface area contributed by atoms with Crippen LogP contribution in [0.5, 0.6) is 11.5 Å². The number of dihydropyridines is 1. The predicted octanol–water partition coefficient (Wildman–Crippen LogP) is 3.82. The zero-order valence-corrected chi connectivity index (χ0v) is 17.5. The predicted molar refractivity (Wildman–Crippen MR) is 116 cm³/mol. The minimum absolute atomic E-state index is 0.201. The molecule has 1 heterocycles. The zero-order valence-electron chi connectivity index (χ0n) is 17.5. The zero-order chi connectivity index (χ0) is 21.7. The smallest absolute Gasteiger partial charge is 0.253 e. The fourth-order valence-electron chi connectivity index (χ4n) is 3.27. The Labute approximate surface area is 175 Å². The maximum atomic E-state index is 12.9. The number of allylic oxidation sites excluding steroid dienone is 2. The van der Waals surface area contributed by atoms with Crippen LogP contribution in [0, 0.1) is 0 Å². The summed E-state index contributed by atoms with van der Waals surface area (Å²) in [7, 11) is 3.09. The fraction of sp³-hybridized carbons (Fsp3) is 0.217. The van der Waals surface area contributed by atoms with Gasteiger partial charge < -0.3 is 25.4 Å². The molecule has 0 saturated heterocycles. The first kappa shape index (κ1) is 21.0. The second-order valence-electron chi connectivity index (χ2n) is 6.82. The summed E-state index contributed by atoms with van der Waals surface area (Å²) in [6.07, 6.45) is 0.201. The molecule has 7 nitrogen and oxygen atoms in total. The highest BCUT2D eigenvalue weighted by atomic mass is 16.5. The summed E-state index contributed by atoms with van der Waals surface area (Å²) in [6, 6.07) is 14.3. The van der Waals surface area contributed by atoms with E-state index >= 15 is 0 Å². The molecule has 0 bridgehead atoms. The lowest BCUT2D eigenvalue weighted by molar-refractivity contribution is -0.113. The van der Waals surface area contributed by atoms with Gasteiger partial charge in [-0.15, -0.1) is 0 Å². The Kier molecular flexibility index (Phi) is 6.41. The summed E-state index contributed by atoms with van der Waals surface area (Å²) >= 11 is 0. The van der Waals surface area contributed by atoms with E-state index in [0.29, 0.717) is 45.4 Å². The molecule has 0 saturated carbocycles. The van der Waals surface area contributed by atoms with Crippen molar-refractivity contribution < 1.29 is 19.1 Å². The molecule has 0 aromatic heterocycles. The number of para-hydroxylation sites is 4. The molecule has 2 aromatic carbocycles. The van der Waals surface area contributed by atoms with Gasteiger partial charge in [-0.3, -0.25) is 9.59 Å². The number of nitrogens with one attached hydrogen (secondary N) is 3. The topological polar surface area (TPSA) is 88.7 Å². The van der Waals surface area contributed by atoms with E-state index in [0.717, 1.165) is 0 Å². The van der Waals surface area contributed by atoms with Crippen LogP contribution >= 0.6 is 0 Å². The van der Waals surface area contributed by atoms with E-state index in [1.54, 1.807) is 38.5 Å². The van der Waals surface area contributed by atoms with Crippen LogP contribution in [0.2, 0.25) is 0 Å². The average Bonchev–Trinajstić information content (AvgIpc) is 2.74. The Balaban J connectivity index is 1.78. The lowest BCUT2D eigenvalue weighted by Crippen LogP contribution is -2.29. The third-order valence-corrected chi connectivity index (χ3v) is 4.89. The summed E-state index contributed by atoms with van der Waals surface area (Å²) in [5, 5.41) is 8.88. The maximum Gasteiger partial charge on any atom is 0.253 e. The molecule has 0 fully saturated rings. The molecule has 156 valence electrons. The molecule has 2 amide bonds. The number of methoxy groups -OCH3 is 2. The van der Waals surface area contributed by atoms with Crippen LogP contribution in [0.25, 0.3) is 0 Å². The van der Waals surface area contributed by atoms with Crippen LogP contribution < -0.4 is 25.4 Å². The van der Waals surface area contributed by atoms with Gasteiger partial charge in [0.15, 0.2) is 0 Å². The van der Waals surface area contributed by atoms with Crippen LogP contribution in [0.4, 0.5) is 11.4 Å². The van der Waals surface area contributed by atoms with Gasteiger partial charge in [0.1, 0.15) is 11.5 Å². The number of anilines is 2. The summed E-state index contributed by atoms with van der Waals surface area (Å²) in [6.45, 7) is 3.63. The van der Waals surface area contributed by atoms with Crippen LogP contribution in [0.15, 0.2) is 71.1 Å². The van der Waals surface area contributed by atoms with Gasteiger partial charge in [-0.2, -0.15) is 0 Å². The first-order chi connectivity index (χ1) is 14.4. The highest BCUT2D eigenvalue weighted by molar-refractivity contribution is 6.10. The van der Waals surface area contributed by atoms with Gasteiger partial charge >= 0.3 is 0 Å². The van der Waals surface area contributed by atoms with Crippen molar-refractivity contribution in [1.29, 1.82) is 0 Å². The Hall–Kier alpha value is -3.74. The molecule has 0 aliphatic carbocycles. The first-order valence-electron chi connectivity index (χ1n) is 9.49. The molecule has 0 atom stereocenters. The van der Waals surface area contributed by atoms with Gasteiger partial charge in [-0.05, 0) is 38.1 Å². The number of carbonyl (C=O) groups excluding carboxylic acids is 2. The lowest BCUT2D eigenvalue weighted by Gasteiger charge is -2.24. The lowest BCUT2D eigenvalue weighted by atomic mass is 9.96. The number of ether oxygens (including phenoxy) is 2. The highest BCUT2D eigenvalue weighted by Crippen LogP contribution is 2.29. The molecule has 7 heteroatoms. The van der Waals surface area contributed by atoms with Gasteiger partial charge in [0, 0.05) is 29.0 Å². The van der Waals surface area contributed by atoms with Gasteiger partial charge in [0.25, 0.3) is 11.8 Å². The number of amides is 2. The molecule has 0 spiro atoms. The van der Waals surface area contributed by atoms with Crippen LogP contribution in [-0.4, -0.2) is 26.0 Å². The van der Waals surface area contributed by atoms with Crippen molar-refractivity contribution in [2.45, 2.75) is 20.3 Å². The number of benzene rings is 2. The molecule has 3 N–H and O–H groups in total. The van der Waals surface area contributed by atoms with E-state index < -0.39 is 0 Å². The van der Waals surface area contributed by atoms with Gasteiger partial charge in [0.05, 0.1) is 25.6 Å². The second kappa shape index (κ2) is 9.17. The average molecular weight is 407 g/mol. The normalized spacial score (nSPS) is 13.5. The molecular weight excluding hydrogens is 382 g/mol. The van der Waals surface area contributed by atoms with Gasteiger partial charge in [0.2, 0.25) is 0 Å². The molecule has 1 aliphatic rings. The van der Waals surface area contributed by atoms with Crippen molar-refractivity contribution >= 4 is 23.2 Å². The SMILES string of the molecule is COc1ccccc1NC(=O)C1=C(C)NC(C)=C(C(=O)Nc2ccccc2OC)C1. The van der Waals surface area contributed by atoms with E-state index in [4.69, 9.17) is 9.47 Å². The standard InChI is InChI=1S/C23H25N3O4/c1-14-16(22(27)25-18-9-5-7-11-20(18)29-3)13-17(15(2)24-14)23(28)26-19-10-6-8-12-21(19)30-4/h5-12,24H,13H2,1-4H3,(H,25,27)(H,26,28).